The van der Waals surface area contributed by atoms with Crippen molar-refractivity contribution in [1.29, 1.82) is 0 Å². The molecule has 9 nitrogen and oxygen atoms in total. The van der Waals surface area contributed by atoms with Gasteiger partial charge in [-0.25, -0.2) is 5.43 Å². The summed E-state index contributed by atoms with van der Waals surface area (Å²) in [4.78, 5) is 12.4. The summed E-state index contributed by atoms with van der Waals surface area (Å²) in [6, 6.07) is 12.5. The smallest absolute Gasteiger partial charge is 0.289 e. The quantitative estimate of drug-likeness (QED) is 0.403. The lowest BCUT2D eigenvalue weighted by Crippen LogP contribution is -2.18. The number of nitrogens with zero attached hydrogens (tertiary/aromatic N) is 2. The average Bonchev–Trinajstić information content (AvgIpc) is 3.29. The first kappa shape index (κ1) is 21.7. The maximum atomic E-state index is 12.4. The first-order valence-electron chi connectivity index (χ1n) is 9.51. The third-order valence-electron chi connectivity index (χ3n) is 4.37. The molecule has 0 bridgehead atoms. The van der Waals surface area contributed by atoms with Crippen molar-refractivity contribution < 1.29 is 23.7 Å². The number of ether oxygens (including phenoxy) is 4. The van der Waals surface area contributed by atoms with Crippen LogP contribution in [0.2, 0.25) is 0 Å². The van der Waals surface area contributed by atoms with Gasteiger partial charge in [0.1, 0.15) is 17.2 Å². The van der Waals surface area contributed by atoms with E-state index in [1.165, 1.54) is 27.5 Å². The van der Waals surface area contributed by atoms with Crippen LogP contribution in [0.4, 0.5) is 0 Å². The molecule has 1 amide bonds. The number of aromatic amines is 1. The number of rotatable bonds is 9. The van der Waals surface area contributed by atoms with Gasteiger partial charge in [0.25, 0.3) is 5.91 Å². The Morgan fingerprint density at radius 1 is 1.06 bits per heavy atom. The van der Waals surface area contributed by atoms with Gasteiger partial charge in [0, 0.05) is 17.2 Å². The van der Waals surface area contributed by atoms with E-state index in [-0.39, 0.29) is 5.69 Å². The summed E-state index contributed by atoms with van der Waals surface area (Å²) in [7, 11) is 4.60. The molecule has 9 heteroatoms. The number of amides is 1. The van der Waals surface area contributed by atoms with Crippen LogP contribution in [0, 0.1) is 0 Å². The zero-order chi connectivity index (χ0) is 22.2. The Balaban J connectivity index is 1.72. The number of nitrogens with one attached hydrogen (secondary N) is 2. The van der Waals surface area contributed by atoms with Crippen LogP contribution >= 0.6 is 0 Å². The fourth-order valence-electron chi connectivity index (χ4n) is 2.87. The highest BCUT2D eigenvalue weighted by atomic mass is 16.5. The van der Waals surface area contributed by atoms with Crippen LogP contribution in [0.15, 0.2) is 47.6 Å². The molecule has 1 heterocycles. The van der Waals surface area contributed by atoms with Crippen molar-refractivity contribution in [3.05, 3.63) is 53.7 Å². The predicted octanol–water partition coefficient (Wildman–Crippen LogP) is 3.27. The molecule has 0 atom stereocenters. The SMILES string of the molecule is CCOc1cccc(-c2cc(C(=O)N/N=C/c3cc(OC)c(OC)cc3OC)[nH]n2)c1. The number of hydrazone groups is 1. The zero-order valence-electron chi connectivity index (χ0n) is 17.8. The molecule has 31 heavy (non-hydrogen) atoms. The number of methoxy groups -OCH3 is 3. The number of aromatic nitrogens is 2. The third kappa shape index (κ3) is 5.13. The van der Waals surface area contributed by atoms with E-state index in [2.05, 4.69) is 20.7 Å². The van der Waals surface area contributed by atoms with Gasteiger partial charge in [0.2, 0.25) is 0 Å². The number of carbonyl (C=O) groups is 1. The number of benzene rings is 2. The minimum absolute atomic E-state index is 0.272. The van der Waals surface area contributed by atoms with Gasteiger partial charge in [-0.3, -0.25) is 9.89 Å². The molecule has 0 aliphatic carbocycles. The van der Waals surface area contributed by atoms with Crippen molar-refractivity contribution in [3.8, 4) is 34.3 Å². The van der Waals surface area contributed by atoms with Crippen molar-refractivity contribution in [2.24, 2.45) is 5.10 Å². The van der Waals surface area contributed by atoms with E-state index in [0.717, 1.165) is 11.3 Å². The molecular formula is C22H24N4O5. The molecule has 0 spiro atoms. The summed E-state index contributed by atoms with van der Waals surface area (Å²) in [6.45, 7) is 2.49. The minimum atomic E-state index is -0.435. The van der Waals surface area contributed by atoms with Crippen molar-refractivity contribution in [2.75, 3.05) is 27.9 Å². The lowest BCUT2D eigenvalue weighted by Gasteiger charge is -2.11. The molecule has 3 aromatic rings. The van der Waals surface area contributed by atoms with E-state index in [4.69, 9.17) is 18.9 Å². The van der Waals surface area contributed by atoms with Crippen LogP contribution in [0.5, 0.6) is 23.0 Å². The summed E-state index contributed by atoms with van der Waals surface area (Å²) >= 11 is 0. The largest absolute Gasteiger partial charge is 0.496 e. The monoisotopic (exact) mass is 424 g/mol. The zero-order valence-corrected chi connectivity index (χ0v) is 17.8. The summed E-state index contributed by atoms with van der Waals surface area (Å²) in [5, 5.41) is 10.9. The first-order chi connectivity index (χ1) is 15.1. The van der Waals surface area contributed by atoms with Gasteiger partial charge in [-0.05, 0) is 31.2 Å². The normalized spacial score (nSPS) is 10.7. The lowest BCUT2D eigenvalue weighted by molar-refractivity contribution is 0.0950. The number of hydrogen-bond donors (Lipinski definition) is 2. The highest BCUT2D eigenvalue weighted by Crippen LogP contribution is 2.33. The molecule has 2 N–H and O–H groups in total. The summed E-state index contributed by atoms with van der Waals surface area (Å²) in [6.07, 6.45) is 1.46. The molecule has 0 saturated carbocycles. The molecule has 0 aliphatic rings. The van der Waals surface area contributed by atoms with Crippen LogP contribution in [-0.4, -0.2) is 50.3 Å². The van der Waals surface area contributed by atoms with E-state index in [9.17, 15) is 4.79 Å². The van der Waals surface area contributed by atoms with Crippen molar-refractivity contribution >= 4 is 12.1 Å². The molecule has 0 saturated heterocycles. The Labute approximate surface area is 180 Å². The van der Waals surface area contributed by atoms with E-state index in [1.54, 1.807) is 18.2 Å². The molecule has 0 radical (unpaired) electrons. The van der Waals surface area contributed by atoms with Crippen LogP contribution in [-0.2, 0) is 0 Å². The Morgan fingerprint density at radius 3 is 2.52 bits per heavy atom. The Hall–Kier alpha value is -4.01. The Kier molecular flexibility index (Phi) is 7.10. The second kappa shape index (κ2) is 10.1. The molecule has 0 unspecified atom stereocenters. The first-order valence-corrected chi connectivity index (χ1v) is 9.51. The fourth-order valence-corrected chi connectivity index (χ4v) is 2.87. The molecule has 3 rings (SSSR count). The van der Waals surface area contributed by atoms with Crippen molar-refractivity contribution in [3.63, 3.8) is 0 Å². The van der Waals surface area contributed by atoms with Gasteiger partial charge >= 0.3 is 0 Å². The van der Waals surface area contributed by atoms with Crippen LogP contribution in [0.3, 0.4) is 0 Å². The highest BCUT2D eigenvalue weighted by molar-refractivity contribution is 5.94. The second-order valence-electron chi connectivity index (χ2n) is 6.28. The van der Waals surface area contributed by atoms with Gasteiger partial charge in [0.15, 0.2) is 11.5 Å². The van der Waals surface area contributed by atoms with E-state index in [1.807, 2.05) is 31.2 Å². The maximum absolute atomic E-state index is 12.4. The van der Waals surface area contributed by atoms with Crippen LogP contribution < -0.4 is 24.4 Å². The maximum Gasteiger partial charge on any atom is 0.289 e. The second-order valence-corrected chi connectivity index (χ2v) is 6.28. The third-order valence-corrected chi connectivity index (χ3v) is 4.37. The van der Waals surface area contributed by atoms with E-state index < -0.39 is 5.91 Å². The molecule has 1 aromatic heterocycles. The predicted molar refractivity (Wildman–Crippen MR) is 116 cm³/mol. The van der Waals surface area contributed by atoms with E-state index >= 15 is 0 Å². The molecule has 0 fully saturated rings. The summed E-state index contributed by atoms with van der Waals surface area (Å²) < 4.78 is 21.4. The topological polar surface area (TPSA) is 107 Å². The van der Waals surface area contributed by atoms with Crippen LogP contribution in [0.25, 0.3) is 11.3 Å². The van der Waals surface area contributed by atoms with E-state index in [0.29, 0.717) is 35.1 Å². The van der Waals surface area contributed by atoms with Gasteiger partial charge in [-0.15, -0.1) is 0 Å². The van der Waals surface area contributed by atoms with Gasteiger partial charge in [-0.1, -0.05) is 12.1 Å². The highest BCUT2D eigenvalue weighted by Gasteiger charge is 2.13. The van der Waals surface area contributed by atoms with Crippen LogP contribution in [0.1, 0.15) is 23.0 Å². The lowest BCUT2D eigenvalue weighted by atomic mass is 10.1. The number of H-pyrrole nitrogens is 1. The Morgan fingerprint density at radius 2 is 1.81 bits per heavy atom. The van der Waals surface area contributed by atoms with Gasteiger partial charge < -0.3 is 18.9 Å². The van der Waals surface area contributed by atoms with Gasteiger partial charge in [-0.2, -0.15) is 10.2 Å². The fraction of sp³-hybridized carbons (Fsp3) is 0.227. The summed E-state index contributed by atoms with van der Waals surface area (Å²) in [5.74, 6) is 1.87. The number of hydrogen-bond acceptors (Lipinski definition) is 7. The summed E-state index contributed by atoms with van der Waals surface area (Å²) in [5.41, 5.74) is 4.81. The molecule has 2 aromatic carbocycles. The molecule has 162 valence electrons. The average molecular weight is 424 g/mol. The molecular weight excluding hydrogens is 400 g/mol. The minimum Gasteiger partial charge on any atom is -0.496 e. The van der Waals surface area contributed by atoms with Gasteiger partial charge in [0.05, 0.1) is 39.8 Å². The van der Waals surface area contributed by atoms with Crippen molar-refractivity contribution in [2.45, 2.75) is 6.92 Å². The Bertz CT molecular complexity index is 1080. The standard InChI is InChI=1S/C22H24N4O5/c1-5-31-16-8-6-7-14(9-16)17-11-18(25-24-17)22(27)26-23-13-15-10-20(29-3)21(30-4)12-19(15)28-2/h6-13H,5H2,1-4H3,(H,24,25)(H,26,27)/b23-13+. The molecule has 0 aliphatic heterocycles. The van der Waals surface area contributed by atoms with Crippen molar-refractivity contribution in [1.82, 2.24) is 15.6 Å². The number of carbonyl (C=O) groups excluding carboxylic acids is 1.